The maximum absolute atomic E-state index is 13.4. The predicted molar refractivity (Wildman–Crippen MR) is 159 cm³/mol. The number of hydrogen-bond donors (Lipinski definition) is 0. The molecule has 7 nitrogen and oxygen atoms in total. The fourth-order valence-electron chi connectivity index (χ4n) is 4.48. The molecule has 3 aromatic carbocycles. The molecule has 0 saturated carbocycles. The van der Waals surface area contributed by atoms with Gasteiger partial charge in [0.1, 0.15) is 12.6 Å². The number of nitrogens with zero attached hydrogens (tertiary/aromatic N) is 2. The molecule has 1 aromatic heterocycles. The SMILES string of the molecule is CCOC(=O)C1=C(C)n2c(s/c(=C\c3ccc(Br)cc3)c2=O)=N[C@@H]1c1ccc(OCc2ccccc2)c(OC)c1. The Bertz CT molecular complexity index is 1760. The zero-order chi connectivity index (χ0) is 28.2. The number of allylic oxidation sites excluding steroid dienone is 1. The number of hydrogen-bond acceptors (Lipinski definition) is 7. The Labute approximate surface area is 243 Å². The minimum Gasteiger partial charge on any atom is -0.493 e. The van der Waals surface area contributed by atoms with Gasteiger partial charge in [-0.15, -0.1) is 0 Å². The minimum atomic E-state index is -0.685. The Morgan fingerprint density at radius 2 is 1.82 bits per heavy atom. The summed E-state index contributed by atoms with van der Waals surface area (Å²) in [5.41, 5.74) is 3.21. The second-order valence-corrected chi connectivity index (χ2v) is 10.9. The highest BCUT2D eigenvalue weighted by Gasteiger charge is 2.32. The van der Waals surface area contributed by atoms with Crippen LogP contribution in [0.3, 0.4) is 0 Å². The summed E-state index contributed by atoms with van der Waals surface area (Å²) in [5.74, 6) is 0.575. The van der Waals surface area contributed by atoms with E-state index in [1.807, 2.05) is 78.9 Å². The molecular formula is C31H27BrN2O5S. The first-order valence-corrected chi connectivity index (χ1v) is 14.3. The molecule has 0 bridgehead atoms. The molecule has 0 N–H and O–H groups in total. The zero-order valence-electron chi connectivity index (χ0n) is 22.2. The number of carbonyl (C=O) groups is 1. The summed E-state index contributed by atoms with van der Waals surface area (Å²) in [5, 5.41) is 0. The number of carbonyl (C=O) groups excluding carboxylic acids is 1. The van der Waals surface area contributed by atoms with Gasteiger partial charge in [-0.2, -0.15) is 0 Å². The molecule has 0 amide bonds. The van der Waals surface area contributed by atoms with E-state index in [9.17, 15) is 9.59 Å². The summed E-state index contributed by atoms with van der Waals surface area (Å²) in [6.07, 6.45) is 1.83. The smallest absolute Gasteiger partial charge is 0.338 e. The average Bonchev–Trinajstić information content (AvgIpc) is 3.28. The number of thiazole rings is 1. The first-order valence-electron chi connectivity index (χ1n) is 12.7. The lowest BCUT2D eigenvalue weighted by atomic mass is 9.96. The lowest BCUT2D eigenvalue weighted by molar-refractivity contribution is -0.138. The maximum Gasteiger partial charge on any atom is 0.338 e. The number of ether oxygens (including phenoxy) is 3. The summed E-state index contributed by atoms with van der Waals surface area (Å²) < 4.78 is 20.0. The topological polar surface area (TPSA) is 79.1 Å². The number of rotatable bonds is 8. The Kier molecular flexibility index (Phi) is 8.32. The van der Waals surface area contributed by atoms with Crippen LogP contribution in [0.15, 0.2) is 92.6 Å². The molecule has 0 spiro atoms. The third-order valence-electron chi connectivity index (χ3n) is 6.45. The Hall–Kier alpha value is -3.95. The van der Waals surface area contributed by atoms with Gasteiger partial charge in [-0.05, 0) is 60.9 Å². The van der Waals surface area contributed by atoms with Crippen molar-refractivity contribution in [3.8, 4) is 11.5 Å². The van der Waals surface area contributed by atoms with Gasteiger partial charge in [-0.1, -0.05) is 75.8 Å². The van der Waals surface area contributed by atoms with E-state index in [4.69, 9.17) is 19.2 Å². The van der Waals surface area contributed by atoms with Crippen molar-refractivity contribution in [2.45, 2.75) is 26.5 Å². The molecule has 0 unspecified atom stereocenters. The fraction of sp³-hybridized carbons (Fsp3) is 0.194. The Morgan fingerprint density at radius 1 is 1.07 bits per heavy atom. The van der Waals surface area contributed by atoms with Crippen LogP contribution in [0.25, 0.3) is 11.8 Å². The van der Waals surface area contributed by atoms with E-state index in [2.05, 4.69) is 15.9 Å². The van der Waals surface area contributed by atoms with E-state index < -0.39 is 12.0 Å². The summed E-state index contributed by atoms with van der Waals surface area (Å²) in [4.78, 5) is 32.0. The summed E-state index contributed by atoms with van der Waals surface area (Å²) in [7, 11) is 1.57. The minimum absolute atomic E-state index is 0.200. The van der Waals surface area contributed by atoms with Crippen molar-refractivity contribution in [3.63, 3.8) is 0 Å². The molecule has 40 heavy (non-hydrogen) atoms. The summed E-state index contributed by atoms with van der Waals surface area (Å²) >= 11 is 4.72. The second kappa shape index (κ2) is 12.1. The van der Waals surface area contributed by atoms with Crippen molar-refractivity contribution in [2.75, 3.05) is 13.7 Å². The van der Waals surface area contributed by atoms with E-state index in [-0.39, 0.29) is 12.2 Å². The van der Waals surface area contributed by atoms with Crippen molar-refractivity contribution >= 4 is 45.0 Å². The average molecular weight is 620 g/mol. The van der Waals surface area contributed by atoms with E-state index in [1.54, 1.807) is 21.0 Å². The highest BCUT2D eigenvalue weighted by molar-refractivity contribution is 9.10. The molecule has 4 aromatic rings. The molecule has 0 saturated heterocycles. The number of fused-ring (bicyclic) bond motifs is 1. The molecule has 0 fully saturated rings. The van der Waals surface area contributed by atoms with Crippen molar-refractivity contribution in [1.82, 2.24) is 4.57 Å². The van der Waals surface area contributed by atoms with Crippen LogP contribution in [0, 0.1) is 0 Å². The van der Waals surface area contributed by atoms with Crippen LogP contribution in [0.2, 0.25) is 0 Å². The summed E-state index contributed by atoms with van der Waals surface area (Å²) in [6.45, 7) is 4.09. The third kappa shape index (κ3) is 5.66. The third-order valence-corrected chi connectivity index (χ3v) is 7.96. The van der Waals surface area contributed by atoms with E-state index in [0.717, 1.165) is 21.2 Å². The highest BCUT2D eigenvalue weighted by atomic mass is 79.9. The van der Waals surface area contributed by atoms with Crippen LogP contribution in [-0.4, -0.2) is 24.3 Å². The van der Waals surface area contributed by atoms with Crippen LogP contribution in [-0.2, 0) is 16.1 Å². The van der Waals surface area contributed by atoms with Gasteiger partial charge in [0.25, 0.3) is 5.56 Å². The molecule has 204 valence electrons. The van der Waals surface area contributed by atoms with E-state index in [0.29, 0.717) is 38.7 Å². The normalized spacial score (nSPS) is 14.9. The highest BCUT2D eigenvalue weighted by Crippen LogP contribution is 2.37. The van der Waals surface area contributed by atoms with Crippen LogP contribution in [0.5, 0.6) is 11.5 Å². The summed E-state index contributed by atoms with van der Waals surface area (Å²) in [6, 6.07) is 22.3. The molecule has 1 aliphatic rings. The molecule has 1 atom stereocenters. The van der Waals surface area contributed by atoms with Crippen molar-refractivity contribution < 1.29 is 19.0 Å². The molecule has 9 heteroatoms. The Balaban J connectivity index is 1.58. The predicted octanol–water partition coefficient (Wildman–Crippen LogP) is 5.26. The largest absolute Gasteiger partial charge is 0.493 e. The van der Waals surface area contributed by atoms with Crippen molar-refractivity contribution in [1.29, 1.82) is 0 Å². The lowest BCUT2D eigenvalue weighted by Gasteiger charge is -2.23. The Morgan fingerprint density at radius 3 is 2.52 bits per heavy atom. The fourth-order valence-corrected chi connectivity index (χ4v) is 5.78. The maximum atomic E-state index is 13.4. The first-order chi connectivity index (χ1) is 19.4. The van der Waals surface area contributed by atoms with Gasteiger partial charge in [0.15, 0.2) is 16.3 Å². The zero-order valence-corrected chi connectivity index (χ0v) is 24.6. The number of aromatic nitrogens is 1. The van der Waals surface area contributed by atoms with Gasteiger partial charge < -0.3 is 14.2 Å². The van der Waals surface area contributed by atoms with Gasteiger partial charge >= 0.3 is 5.97 Å². The van der Waals surface area contributed by atoms with Crippen molar-refractivity contribution in [3.05, 3.63) is 119 Å². The van der Waals surface area contributed by atoms with Crippen LogP contribution in [0.1, 0.15) is 36.6 Å². The standard InChI is InChI=1S/C31H27BrN2O5S/c1-4-38-30(36)27-19(2)34-29(35)26(16-20-10-13-23(32)14-11-20)40-31(34)33-28(27)22-12-15-24(25(17-22)37-3)39-18-21-8-6-5-7-9-21/h5-17,28H,4,18H2,1-3H3/b26-16-/t28-/m1/s1. The number of halogens is 1. The van der Waals surface area contributed by atoms with Gasteiger partial charge in [0, 0.05) is 10.2 Å². The van der Waals surface area contributed by atoms with E-state index in [1.165, 1.54) is 15.9 Å². The molecule has 1 aliphatic heterocycles. The first kappa shape index (κ1) is 27.6. The van der Waals surface area contributed by atoms with Gasteiger partial charge in [-0.3, -0.25) is 9.36 Å². The molecule has 2 heterocycles. The monoisotopic (exact) mass is 618 g/mol. The molecule has 0 radical (unpaired) electrons. The number of benzene rings is 3. The van der Waals surface area contributed by atoms with Crippen molar-refractivity contribution in [2.24, 2.45) is 4.99 Å². The number of methoxy groups -OCH3 is 1. The van der Waals surface area contributed by atoms with Crippen LogP contribution < -0.4 is 24.4 Å². The van der Waals surface area contributed by atoms with Crippen LogP contribution >= 0.6 is 27.3 Å². The molecule has 0 aliphatic carbocycles. The van der Waals surface area contributed by atoms with Gasteiger partial charge in [0.2, 0.25) is 0 Å². The van der Waals surface area contributed by atoms with Crippen LogP contribution in [0.4, 0.5) is 0 Å². The molecular weight excluding hydrogens is 592 g/mol. The second-order valence-electron chi connectivity index (χ2n) is 9.02. The quantitative estimate of drug-likeness (QED) is 0.252. The number of esters is 1. The van der Waals surface area contributed by atoms with Gasteiger partial charge in [0.05, 0.1) is 23.8 Å². The van der Waals surface area contributed by atoms with Gasteiger partial charge in [-0.25, -0.2) is 9.79 Å². The lowest BCUT2D eigenvalue weighted by Crippen LogP contribution is -2.35. The molecule has 5 rings (SSSR count). The van der Waals surface area contributed by atoms with E-state index >= 15 is 0 Å².